The summed E-state index contributed by atoms with van der Waals surface area (Å²) < 4.78 is 11.1. The van der Waals surface area contributed by atoms with Crippen LogP contribution in [0, 0.1) is 0 Å². The number of nitrogens with two attached hydrogens (primary N) is 1. The number of ether oxygens (including phenoxy) is 2. The van der Waals surface area contributed by atoms with Gasteiger partial charge in [0.15, 0.2) is 5.96 Å². The van der Waals surface area contributed by atoms with E-state index in [-0.39, 0.29) is 24.0 Å². The highest BCUT2D eigenvalue weighted by Gasteiger charge is 1.97. The lowest BCUT2D eigenvalue weighted by atomic mass is 10.1. The molecule has 0 saturated heterocycles. The quantitative estimate of drug-likeness (QED) is 0.218. The smallest absolute Gasteiger partial charge is 0.193 e. The maximum Gasteiger partial charge on any atom is 0.193 e. The third kappa shape index (κ3) is 10.3. The Morgan fingerprint density at radius 2 is 1.70 bits per heavy atom. The molecule has 148 valence electrons. The number of benzene rings is 2. The fourth-order valence-electron chi connectivity index (χ4n) is 2.41. The first-order valence-electron chi connectivity index (χ1n) is 9.13. The number of hydrogen-bond acceptors (Lipinski definition) is 3. The average molecular weight is 483 g/mol. The molecule has 27 heavy (non-hydrogen) atoms. The van der Waals surface area contributed by atoms with Crippen molar-refractivity contribution in [2.45, 2.75) is 26.4 Å². The summed E-state index contributed by atoms with van der Waals surface area (Å²) in [6.07, 6.45) is 1.83. The minimum atomic E-state index is 0. The van der Waals surface area contributed by atoms with Gasteiger partial charge in [0.05, 0.1) is 19.8 Å². The van der Waals surface area contributed by atoms with Crippen molar-refractivity contribution in [2.75, 3.05) is 31.7 Å². The van der Waals surface area contributed by atoms with E-state index < -0.39 is 0 Å². The average Bonchev–Trinajstić information content (AvgIpc) is 2.67. The van der Waals surface area contributed by atoms with E-state index in [1.54, 1.807) is 0 Å². The summed E-state index contributed by atoms with van der Waals surface area (Å²) in [6, 6.07) is 18.3. The molecule has 0 bridgehead atoms. The number of halogens is 1. The summed E-state index contributed by atoms with van der Waals surface area (Å²) >= 11 is 0. The molecule has 0 unspecified atom stereocenters. The second kappa shape index (κ2) is 14.4. The standard InChI is InChI=1S/C21H29N3O2.HI/c1-2-18-10-6-11-20(16-18)24-21(22)23-12-7-13-25-14-15-26-17-19-8-4-3-5-9-19;/h3-6,8-11,16H,2,7,12-15,17H2,1H3,(H3,22,23,24);1H. The third-order valence-corrected chi connectivity index (χ3v) is 3.82. The van der Waals surface area contributed by atoms with Crippen molar-refractivity contribution < 1.29 is 9.47 Å². The Balaban J connectivity index is 0.00000364. The summed E-state index contributed by atoms with van der Waals surface area (Å²) in [5.41, 5.74) is 9.33. The molecule has 0 spiro atoms. The second-order valence-electron chi connectivity index (χ2n) is 5.95. The normalized spacial score (nSPS) is 11.1. The molecule has 0 aliphatic heterocycles. The largest absolute Gasteiger partial charge is 0.379 e. The Hall–Kier alpha value is -1.64. The van der Waals surface area contributed by atoms with Crippen molar-refractivity contribution >= 4 is 35.6 Å². The molecule has 0 saturated carbocycles. The summed E-state index contributed by atoms with van der Waals surface area (Å²) in [6.45, 7) is 5.22. The van der Waals surface area contributed by atoms with Crippen molar-refractivity contribution in [2.24, 2.45) is 10.7 Å². The van der Waals surface area contributed by atoms with Crippen LogP contribution in [0.15, 0.2) is 59.6 Å². The molecular weight excluding hydrogens is 453 g/mol. The molecule has 6 heteroatoms. The Morgan fingerprint density at radius 3 is 2.48 bits per heavy atom. The highest BCUT2D eigenvalue weighted by molar-refractivity contribution is 14.0. The summed E-state index contributed by atoms with van der Waals surface area (Å²) in [4.78, 5) is 4.32. The zero-order valence-electron chi connectivity index (χ0n) is 15.9. The van der Waals surface area contributed by atoms with E-state index in [2.05, 4.69) is 41.5 Å². The van der Waals surface area contributed by atoms with Crippen molar-refractivity contribution in [1.29, 1.82) is 0 Å². The van der Waals surface area contributed by atoms with Crippen LogP contribution in [-0.2, 0) is 22.5 Å². The van der Waals surface area contributed by atoms with Crippen LogP contribution in [0.5, 0.6) is 0 Å². The number of aliphatic imine (C=N–C) groups is 1. The molecule has 0 aliphatic rings. The molecule has 5 nitrogen and oxygen atoms in total. The van der Waals surface area contributed by atoms with Crippen molar-refractivity contribution in [3.05, 3.63) is 65.7 Å². The lowest BCUT2D eigenvalue weighted by Crippen LogP contribution is -2.23. The van der Waals surface area contributed by atoms with Crippen LogP contribution in [0.3, 0.4) is 0 Å². The van der Waals surface area contributed by atoms with Gasteiger partial charge in [0.25, 0.3) is 0 Å². The van der Waals surface area contributed by atoms with E-state index in [9.17, 15) is 0 Å². The van der Waals surface area contributed by atoms with Crippen LogP contribution in [-0.4, -0.2) is 32.3 Å². The van der Waals surface area contributed by atoms with E-state index in [0.717, 1.165) is 18.5 Å². The predicted molar refractivity (Wildman–Crippen MR) is 123 cm³/mol. The lowest BCUT2D eigenvalue weighted by Gasteiger charge is -2.07. The van der Waals surface area contributed by atoms with Crippen LogP contribution in [0.4, 0.5) is 5.69 Å². The van der Waals surface area contributed by atoms with Crippen LogP contribution < -0.4 is 11.1 Å². The van der Waals surface area contributed by atoms with E-state index >= 15 is 0 Å². The molecule has 0 heterocycles. The van der Waals surface area contributed by atoms with Gasteiger partial charge in [-0.15, -0.1) is 24.0 Å². The molecule has 0 radical (unpaired) electrons. The molecule has 0 aliphatic carbocycles. The molecule has 2 aromatic carbocycles. The number of nitrogens with one attached hydrogen (secondary N) is 1. The maximum atomic E-state index is 5.91. The number of hydrogen-bond donors (Lipinski definition) is 2. The van der Waals surface area contributed by atoms with Gasteiger partial charge in [-0.05, 0) is 36.1 Å². The van der Waals surface area contributed by atoms with E-state index in [1.165, 1.54) is 11.1 Å². The van der Waals surface area contributed by atoms with Gasteiger partial charge in [-0.2, -0.15) is 0 Å². The minimum Gasteiger partial charge on any atom is -0.379 e. The minimum absolute atomic E-state index is 0. The molecule has 2 rings (SSSR count). The first kappa shape index (κ1) is 23.4. The number of nitrogens with zero attached hydrogens (tertiary/aromatic N) is 1. The fourth-order valence-corrected chi connectivity index (χ4v) is 2.41. The Kier molecular flexibility index (Phi) is 12.5. The predicted octanol–water partition coefficient (Wildman–Crippen LogP) is 4.22. The molecule has 3 N–H and O–H groups in total. The zero-order valence-corrected chi connectivity index (χ0v) is 18.2. The van der Waals surface area contributed by atoms with Gasteiger partial charge < -0.3 is 20.5 Å². The summed E-state index contributed by atoms with van der Waals surface area (Å²) in [5, 5.41) is 3.12. The van der Waals surface area contributed by atoms with Crippen LogP contribution in [0.2, 0.25) is 0 Å². The molecule has 0 aromatic heterocycles. The molecule has 0 amide bonds. The topological polar surface area (TPSA) is 68.9 Å². The second-order valence-corrected chi connectivity index (χ2v) is 5.95. The first-order valence-corrected chi connectivity index (χ1v) is 9.13. The fraction of sp³-hybridized carbons (Fsp3) is 0.381. The maximum absolute atomic E-state index is 5.91. The van der Waals surface area contributed by atoms with Gasteiger partial charge >= 0.3 is 0 Å². The van der Waals surface area contributed by atoms with Gasteiger partial charge in [0, 0.05) is 18.8 Å². The summed E-state index contributed by atoms with van der Waals surface area (Å²) in [7, 11) is 0. The van der Waals surface area contributed by atoms with Gasteiger partial charge in [-0.1, -0.05) is 49.4 Å². The van der Waals surface area contributed by atoms with Crippen LogP contribution in [0.1, 0.15) is 24.5 Å². The Morgan fingerprint density at radius 1 is 0.963 bits per heavy atom. The number of anilines is 1. The van der Waals surface area contributed by atoms with Crippen molar-refractivity contribution in [3.8, 4) is 0 Å². The van der Waals surface area contributed by atoms with Crippen molar-refractivity contribution in [3.63, 3.8) is 0 Å². The monoisotopic (exact) mass is 483 g/mol. The first-order chi connectivity index (χ1) is 12.8. The van der Waals surface area contributed by atoms with Gasteiger partial charge in [-0.25, -0.2) is 0 Å². The van der Waals surface area contributed by atoms with Gasteiger partial charge in [0.2, 0.25) is 0 Å². The molecule has 0 fully saturated rings. The molecule has 0 atom stereocenters. The van der Waals surface area contributed by atoms with Crippen molar-refractivity contribution in [1.82, 2.24) is 0 Å². The van der Waals surface area contributed by atoms with Gasteiger partial charge in [0.1, 0.15) is 0 Å². The molecular formula is C21H30IN3O2. The number of aryl methyl sites for hydroxylation is 1. The Bertz CT molecular complexity index is 665. The zero-order chi connectivity index (χ0) is 18.5. The highest BCUT2D eigenvalue weighted by atomic mass is 127. The number of guanidine groups is 1. The van der Waals surface area contributed by atoms with Crippen LogP contribution in [0.25, 0.3) is 0 Å². The van der Waals surface area contributed by atoms with Crippen LogP contribution >= 0.6 is 24.0 Å². The van der Waals surface area contributed by atoms with E-state index in [4.69, 9.17) is 15.2 Å². The summed E-state index contributed by atoms with van der Waals surface area (Å²) in [5.74, 6) is 0.435. The molecule has 2 aromatic rings. The van der Waals surface area contributed by atoms with E-state index in [0.29, 0.717) is 38.9 Å². The number of rotatable bonds is 11. The highest BCUT2D eigenvalue weighted by Crippen LogP contribution is 2.10. The van der Waals surface area contributed by atoms with Gasteiger partial charge in [-0.3, -0.25) is 4.99 Å². The SMILES string of the molecule is CCc1cccc(NC(N)=NCCCOCCOCc2ccccc2)c1.I. The Labute approximate surface area is 179 Å². The van der Waals surface area contributed by atoms with E-state index in [1.807, 2.05) is 30.3 Å². The third-order valence-electron chi connectivity index (χ3n) is 3.82. The lowest BCUT2D eigenvalue weighted by molar-refractivity contribution is 0.0403.